The van der Waals surface area contributed by atoms with Crippen LogP contribution in [0.3, 0.4) is 0 Å². The van der Waals surface area contributed by atoms with Gasteiger partial charge < -0.3 is 9.80 Å². The zero-order valence-corrected chi connectivity index (χ0v) is 15.3. The molecule has 3 heterocycles. The predicted molar refractivity (Wildman–Crippen MR) is 99.7 cm³/mol. The highest BCUT2D eigenvalue weighted by Gasteiger charge is 2.36. The summed E-state index contributed by atoms with van der Waals surface area (Å²) in [6.07, 6.45) is 0.433. The lowest BCUT2D eigenvalue weighted by Gasteiger charge is -2.36. The van der Waals surface area contributed by atoms with E-state index in [2.05, 4.69) is 4.90 Å². The highest BCUT2D eigenvalue weighted by atomic mass is 32.1. The van der Waals surface area contributed by atoms with Crippen molar-refractivity contribution in [1.29, 1.82) is 0 Å². The molecule has 2 aromatic rings. The first kappa shape index (κ1) is 16.8. The molecular weight excluding hydrogens is 350 g/mol. The summed E-state index contributed by atoms with van der Waals surface area (Å²) in [4.78, 5) is 42.2. The molecule has 6 nitrogen and oxygen atoms in total. The summed E-state index contributed by atoms with van der Waals surface area (Å²) in [5.41, 5.74) is 2.79. The van der Waals surface area contributed by atoms with Gasteiger partial charge >= 0.3 is 0 Å². The lowest BCUT2D eigenvalue weighted by molar-refractivity contribution is -0.130. The number of anilines is 1. The molecule has 7 heteroatoms. The largest absolute Gasteiger partial charge is 0.367 e. The molecule has 2 aliphatic rings. The second-order valence-electron chi connectivity index (χ2n) is 6.55. The van der Waals surface area contributed by atoms with Crippen LogP contribution in [0.15, 0.2) is 35.0 Å². The Morgan fingerprint density at radius 1 is 1.08 bits per heavy atom. The molecule has 1 saturated heterocycles. The molecule has 1 fully saturated rings. The molecule has 0 spiro atoms. The maximum Gasteiger partial charge on any atom is 0.263 e. The lowest BCUT2D eigenvalue weighted by atomic mass is 10.1. The van der Waals surface area contributed by atoms with Gasteiger partial charge in [-0.2, -0.15) is 11.3 Å². The number of carbonyl (C=O) groups excluding carboxylic acids is 3. The molecule has 1 aromatic carbocycles. The summed E-state index contributed by atoms with van der Waals surface area (Å²) in [5, 5.41) is 3.98. The quantitative estimate of drug-likeness (QED) is 0.775. The number of carbonyl (C=O) groups is 3. The first-order chi connectivity index (χ1) is 12.6. The molecule has 0 bridgehead atoms. The summed E-state index contributed by atoms with van der Waals surface area (Å²) in [5.74, 6) is -0.375. The molecule has 1 aromatic heterocycles. The minimum atomic E-state index is -0.253. The van der Waals surface area contributed by atoms with Crippen LogP contribution in [0.5, 0.6) is 0 Å². The molecule has 2 aliphatic heterocycles. The van der Waals surface area contributed by atoms with Gasteiger partial charge in [-0.25, -0.2) is 0 Å². The van der Waals surface area contributed by atoms with Crippen molar-refractivity contribution in [1.82, 2.24) is 9.80 Å². The van der Waals surface area contributed by atoms with Gasteiger partial charge in [-0.1, -0.05) is 6.07 Å². The van der Waals surface area contributed by atoms with E-state index in [0.29, 0.717) is 43.7 Å². The number of nitrogens with zero attached hydrogens (tertiary/aromatic N) is 3. The van der Waals surface area contributed by atoms with Gasteiger partial charge in [-0.15, -0.1) is 0 Å². The average Bonchev–Trinajstić information content (AvgIpc) is 3.25. The Bertz CT molecular complexity index is 870. The van der Waals surface area contributed by atoms with Crippen LogP contribution in [0.25, 0.3) is 0 Å². The number of piperazine rings is 1. The van der Waals surface area contributed by atoms with Crippen LogP contribution in [-0.4, -0.2) is 60.7 Å². The SMILES string of the molecule is CN1C(=O)c2cccc(N3CCN(C(=O)Cc4ccsc4)CC3)c2C1=O. The van der Waals surface area contributed by atoms with E-state index >= 15 is 0 Å². The molecule has 134 valence electrons. The minimum Gasteiger partial charge on any atom is -0.367 e. The van der Waals surface area contributed by atoms with Gasteiger partial charge in [0, 0.05) is 33.2 Å². The Hall–Kier alpha value is -2.67. The van der Waals surface area contributed by atoms with Gasteiger partial charge in [-0.05, 0) is 34.5 Å². The maximum absolute atomic E-state index is 12.4. The number of imide groups is 1. The second-order valence-corrected chi connectivity index (χ2v) is 7.33. The molecule has 0 N–H and O–H groups in total. The summed E-state index contributed by atoms with van der Waals surface area (Å²) in [6.45, 7) is 2.53. The Morgan fingerprint density at radius 3 is 2.54 bits per heavy atom. The molecule has 0 unspecified atom stereocenters. The number of fused-ring (bicyclic) bond motifs is 1. The topological polar surface area (TPSA) is 60.9 Å². The van der Waals surface area contributed by atoms with Crippen molar-refractivity contribution in [2.75, 3.05) is 38.1 Å². The van der Waals surface area contributed by atoms with Crippen molar-refractivity contribution in [3.8, 4) is 0 Å². The molecule has 0 atom stereocenters. The number of benzene rings is 1. The number of amides is 3. The summed E-state index contributed by atoms with van der Waals surface area (Å²) < 4.78 is 0. The Kier molecular flexibility index (Phi) is 4.24. The minimum absolute atomic E-state index is 0.132. The molecule has 26 heavy (non-hydrogen) atoms. The normalized spacial score (nSPS) is 17.0. The van der Waals surface area contributed by atoms with Crippen LogP contribution in [0.4, 0.5) is 5.69 Å². The zero-order valence-electron chi connectivity index (χ0n) is 14.5. The van der Waals surface area contributed by atoms with Gasteiger partial charge in [0.25, 0.3) is 11.8 Å². The predicted octanol–water partition coefficient (Wildman–Crippen LogP) is 1.87. The van der Waals surface area contributed by atoms with E-state index in [4.69, 9.17) is 0 Å². The van der Waals surface area contributed by atoms with E-state index in [1.54, 1.807) is 17.4 Å². The highest BCUT2D eigenvalue weighted by Crippen LogP contribution is 2.31. The smallest absolute Gasteiger partial charge is 0.263 e. The van der Waals surface area contributed by atoms with Crippen LogP contribution in [0.1, 0.15) is 26.3 Å². The second kappa shape index (κ2) is 6.57. The first-order valence-corrected chi connectivity index (χ1v) is 9.49. The zero-order chi connectivity index (χ0) is 18.3. The highest BCUT2D eigenvalue weighted by molar-refractivity contribution is 7.08. The van der Waals surface area contributed by atoms with E-state index < -0.39 is 0 Å². The van der Waals surface area contributed by atoms with Gasteiger partial charge in [0.05, 0.1) is 23.2 Å². The summed E-state index contributed by atoms with van der Waals surface area (Å²) >= 11 is 1.60. The van der Waals surface area contributed by atoms with Crippen molar-refractivity contribution in [3.63, 3.8) is 0 Å². The Labute approximate surface area is 155 Å². The van der Waals surface area contributed by atoms with E-state index in [1.807, 2.05) is 33.9 Å². The maximum atomic E-state index is 12.4. The van der Waals surface area contributed by atoms with Crippen molar-refractivity contribution < 1.29 is 14.4 Å². The Balaban J connectivity index is 1.47. The van der Waals surface area contributed by atoms with Crippen molar-refractivity contribution in [2.24, 2.45) is 0 Å². The molecule has 0 radical (unpaired) electrons. The van der Waals surface area contributed by atoms with E-state index in [-0.39, 0.29) is 17.7 Å². The molecular formula is C19H19N3O3S. The van der Waals surface area contributed by atoms with Crippen molar-refractivity contribution in [2.45, 2.75) is 6.42 Å². The van der Waals surface area contributed by atoms with Crippen LogP contribution in [0.2, 0.25) is 0 Å². The average molecular weight is 369 g/mol. The summed E-state index contributed by atoms with van der Waals surface area (Å²) in [7, 11) is 1.51. The summed E-state index contributed by atoms with van der Waals surface area (Å²) in [6, 6.07) is 7.37. The van der Waals surface area contributed by atoms with Crippen LogP contribution < -0.4 is 4.90 Å². The van der Waals surface area contributed by atoms with Gasteiger partial charge in [0.1, 0.15) is 0 Å². The fourth-order valence-electron chi connectivity index (χ4n) is 3.52. The number of hydrogen-bond donors (Lipinski definition) is 0. The van der Waals surface area contributed by atoms with Gasteiger partial charge in [0.2, 0.25) is 5.91 Å². The van der Waals surface area contributed by atoms with Crippen molar-refractivity contribution in [3.05, 3.63) is 51.7 Å². The molecule has 0 saturated carbocycles. The van der Waals surface area contributed by atoms with E-state index in [0.717, 1.165) is 16.2 Å². The third kappa shape index (κ3) is 2.78. The number of thiophene rings is 1. The van der Waals surface area contributed by atoms with Crippen LogP contribution >= 0.6 is 11.3 Å². The Morgan fingerprint density at radius 2 is 1.85 bits per heavy atom. The first-order valence-electron chi connectivity index (χ1n) is 8.55. The molecule has 4 rings (SSSR count). The number of hydrogen-bond acceptors (Lipinski definition) is 5. The van der Waals surface area contributed by atoms with E-state index in [9.17, 15) is 14.4 Å². The third-order valence-corrected chi connectivity index (χ3v) is 5.74. The van der Waals surface area contributed by atoms with Crippen LogP contribution in [-0.2, 0) is 11.2 Å². The third-order valence-electron chi connectivity index (χ3n) is 5.00. The van der Waals surface area contributed by atoms with Crippen molar-refractivity contribution >= 4 is 34.7 Å². The number of rotatable bonds is 3. The molecule has 3 amide bonds. The van der Waals surface area contributed by atoms with Gasteiger partial charge in [-0.3, -0.25) is 19.3 Å². The molecule has 0 aliphatic carbocycles. The fourth-order valence-corrected chi connectivity index (χ4v) is 4.19. The fraction of sp³-hybridized carbons (Fsp3) is 0.316. The van der Waals surface area contributed by atoms with Gasteiger partial charge in [0.15, 0.2) is 0 Å². The van der Waals surface area contributed by atoms with Crippen LogP contribution in [0, 0.1) is 0 Å². The monoisotopic (exact) mass is 369 g/mol. The van der Waals surface area contributed by atoms with E-state index in [1.165, 1.54) is 7.05 Å². The lowest BCUT2D eigenvalue weighted by Crippen LogP contribution is -2.49. The standard InChI is InChI=1S/C19H19N3O3S/c1-20-18(24)14-3-2-4-15(17(14)19(20)25)21-6-8-22(9-7-21)16(23)11-13-5-10-26-12-13/h2-5,10,12H,6-9,11H2,1H3.